The highest BCUT2D eigenvalue weighted by Crippen LogP contribution is 2.23. The Labute approximate surface area is 200 Å². The molecule has 3 aromatic rings. The summed E-state index contributed by atoms with van der Waals surface area (Å²) in [6.07, 6.45) is 6.92. The maximum absolute atomic E-state index is 14.4. The standard InChI is InChI=1S/C27H31FN2O4/c1-4-6-7-14-32-22-12-13-23(24(28)15-22)27(31)34-26-17-29-25(16-30-26)20-8-10-21(11-9-20)33-18-19(3)5-2/h8-13,15-17,19H,4-7,14,18H2,1-3H3. The van der Waals surface area contributed by atoms with Crippen molar-refractivity contribution in [2.24, 2.45) is 5.92 Å². The van der Waals surface area contributed by atoms with Crippen molar-refractivity contribution in [3.63, 3.8) is 0 Å². The van der Waals surface area contributed by atoms with E-state index < -0.39 is 11.8 Å². The summed E-state index contributed by atoms with van der Waals surface area (Å²) in [5.41, 5.74) is 1.27. The van der Waals surface area contributed by atoms with Gasteiger partial charge in [-0.25, -0.2) is 19.2 Å². The molecule has 0 aliphatic carbocycles. The first-order valence-electron chi connectivity index (χ1n) is 11.7. The fourth-order valence-corrected chi connectivity index (χ4v) is 3.04. The zero-order valence-corrected chi connectivity index (χ0v) is 19.9. The average Bonchev–Trinajstić information content (AvgIpc) is 2.86. The van der Waals surface area contributed by atoms with Crippen molar-refractivity contribution in [1.82, 2.24) is 9.97 Å². The number of benzene rings is 2. The lowest BCUT2D eigenvalue weighted by molar-refractivity contribution is 0.0722. The largest absolute Gasteiger partial charge is 0.493 e. The van der Waals surface area contributed by atoms with Gasteiger partial charge in [-0.1, -0.05) is 40.0 Å². The third-order valence-corrected chi connectivity index (χ3v) is 5.38. The first-order valence-corrected chi connectivity index (χ1v) is 11.7. The van der Waals surface area contributed by atoms with Gasteiger partial charge >= 0.3 is 5.97 Å². The first kappa shape index (κ1) is 25.1. The lowest BCUT2D eigenvalue weighted by atomic mass is 10.1. The van der Waals surface area contributed by atoms with Crippen molar-refractivity contribution >= 4 is 5.97 Å². The lowest BCUT2D eigenvalue weighted by Gasteiger charge is -2.11. The molecule has 1 aromatic heterocycles. The highest BCUT2D eigenvalue weighted by atomic mass is 19.1. The van der Waals surface area contributed by atoms with Crippen LogP contribution < -0.4 is 14.2 Å². The van der Waals surface area contributed by atoms with E-state index in [1.807, 2.05) is 24.3 Å². The Bertz CT molecular complexity index is 1060. The van der Waals surface area contributed by atoms with E-state index in [0.717, 1.165) is 37.0 Å². The summed E-state index contributed by atoms with van der Waals surface area (Å²) in [5.74, 6) is 0.100. The Morgan fingerprint density at radius 1 is 0.971 bits per heavy atom. The Hall–Kier alpha value is -3.48. The van der Waals surface area contributed by atoms with Crippen LogP contribution >= 0.6 is 0 Å². The molecule has 2 aromatic carbocycles. The SMILES string of the molecule is CCCCCOc1ccc(C(=O)Oc2cnc(-c3ccc(OCC(C)CC)cc3)cn2)c(F)c1. The van der Waals surface area contributed by atoms with Gasteiger partial charge < -0.3 is 14.2 Å². The summed E-state index contributed by atoms with van der Waals surface area (Å²) in [4.78, 5) is 20.8. The van der Waals surface area contributed by atoms with Gasteiger partial charge in [-0.2, -0.15) is 0 Å². The van der Waals surface area contributed by atoms with E-state index in [1.54, 1.807) is 6.07 Å². The number of carbonyl (C=O) groups excluding carboxylic acids is 1. The normalized spacial score (nSPS) is 11.6. The fourth-order valence-electron chi connectivity index (χ4n) is 3.04. The number of hydrogen-bond acceptors (Lipinski definition) is 6. The van der Waals surface area contributed by atoms with Gasteiger partial charge in [0.1, 0.15) is 17.3 Å². The number of unbranched alkanes of at least 4 members (excludes halogenated alkanes) is 2. The molecule has 180 valence electrons. The van der Waals surface area contributed by atoms with E-state index in [9.17, 15) is 9.18 Å². The highest BCUT2D eigenvalue weighted by Gasteiger charge is 2.16. The van der Waals surface area contributed by atoms with Crippen molar-refractivity contribution in [1.29, 1.82) is 0 Å². The van der Waals surface area contributed by atoms with E-state index in [0.29, 0.717) is 30.6 Å². The maximum atomic E-state index is 14.4. The molecular weight excluding hydrogens is 435 g/mol. The van der Waals surface area contributed by atoms with Crippen LogP contribution in [0.3, 0.4) is 0 Å². The van der Waals surface area contributed by atoms with Crippen LogP contribution in [-0.4, -0.2) is 29.2 Å². The maximum Gasteiger partial charge on any atom is 0.347 e. The van der Waals surface area contributed by atoms with Crippen molar-refractivity contribution in [3.05, 3.63) is 66.2 Å². The second kappa shape index (κ2) is 12.7. The van der Waals surface area contributed by atoms with Crippen molar-refractivity contribution < 1.29 is 23.4 Å². The second-order valence-corrected chi connectivity index (χ2v) is 8.18. The molecule has 3 rings (SSSR count). The lowest BCUT2D eigenvalue weighted by Crippen LogP contribution is -2.12. The number of aromatic nitrogens is 2. The third-order valence-electron chi connectivity index (χ3n) is 5.38. The molecule has 0 aliphatic rings. The highest BCUT2D eigenvalue weighted by molar-refractivity contribution is 5.91. The topological polar surface area (TPSA) is 70.5 Å². The summed E-state index contributed by atoms with van der Waals surface area (Å²) in [6.45, 7) is 7.55. The number of rotatable bonds is 12. The van der Waals surface area contributed by atoms with E-state index in [4.69, 9.17) is 14.2 Å². The zero-order chi connectivity index (χ0) is 24.3. The molecule has 0 saturated heterocycles. The molecule has 0 saturated carbocycles. The van der Waals surface area contributed by atoms with Crippen molar-refractivity contribution in [2.75, 3.05) is 13.2 Å². The van der Waals surface area contributed by atoms with Gasteiger partial charge in [-0.3, -0.25) is 0 Å². The number of carbonyl (C=O) groups is 1. The van der Waals surface area contributed by atoms with Gasteiger partial charge in [-0.05, 0) is 48.7 Å². The molecule has 1 unspecified atom stereocenters. The van der Waals surface area contributed by atoms with Crippen LogP contribution in [0.1, 0.15) is 56.8 Å². The fraction of sp³-hybridized carbons (Fsp3) is 0.370. The van der Waals surface area contributed by atoms with Gasteiger partial charge in [0, 0.05) is 11.6 Å². The molecule has 34 heavy (non-hydrogen) atoms. The van der Waals surface area contributed by atoms with Gasteiger partial charge in [0.05, 0.1) is 36.9 Å². The summed E-state index contributed by atoms with van der Waals surface area (Å²) in [6, 6.07) is 11.6. The third kappa shape index (κ3) is 7.27. The van der Waals surface area contributed by atoms with Crippen LogP contribution in [0, 0.1) is 11.7 Å². The molecule has 7 heteroatoms. The summed E-state index contributed by atoms with van der Waals surface area (Å²) in [7, 11) is 0. The van der Waals surface area contributed by atoms with Crippen LogP contribution in [0.4, 0.5) is 4.39 Å². The molecule has 6 nitrogen and oxygen atoms in total. The minimum atomic E-state index is -0.847. The molecule has 0 N–H and O–H groups in total. The number of hydrogen-bond donors (Lipinski definition) is 0. The summed E-state index contributed by atoms with van der Waals surface area (Å²) >= 11 is 0. The Morgan fingerprint density at radius 3 is 2.38 bits per heavy atom. The summed E-state index contributed by atoms with van der Waals surface area (Å²) in [5, 5.41) is 0. The monoisotopic (exact) mass is 466 g/mol. The van der Waals surface area contributed by atoms with Gasteiger partial charge in [0.25, 0.3) is 0 Å². The minimum Gasteiger partial charge on any atom is -0.493 e. The predicted molar refractivity (Wildman–Crippen MR) is 129 cm³/mol. The van der Waals surface area contributed by atoms with Crippen LogP contribution in [0.5, 0.6) is 17.4 Å². The van der Waals surface area contributed by atoms with E-state index >= 15 is 0 Å². The molecule has 0 fully saturated rings. The average molecular weight is 467 g/mol. The molecule has 0 amide bonds. The molecule has 0 aliphatic heterocycles. The minimum absolute atomic E-state index is 0.0125. The van der Waals surface area contributed by atoms with Gasteiger partial charge in [0.15, 0.2) is 0 Å². The number of halogens is 1. The van der Waals surface area contributed by atoms with Crippen LogP contribution in [-0.2, 0) is 0 Å². The zero-order valence-electron chi connectivity index (χ0n) is 19.9. The molecule has 0 radical (unpaired) electrons. The Balaban J connectivity index is 1.57. The number of esters is 1. The van der Waals surface area contributed by atoms with E-state index in [1.165, 1.54) is 24.5 Å². The molecular formula is C27H31FN2O4. The van der Waals surface area contributed by atoms with E-state index in [2.05, 4.69) is 30.7 Å². The number of ether oxygens (including phenoxy) is 3. The molecule has 0 bridgehead atoms. The summed E-state index contributed by atoms with van der Waals surface area (Å²) < 4.78 is 30.9. The Kier molecular flexibility index (Phi) is 9.38. The smallest absolute Gasteiger partial charge is 0.347 e. The van der Waals surface area contributed by atoms with Gasteiger partial charge in [-0.15, -0.1) is 0 Å². The van der Waals surface area contributed by atoms with Crippen LogP contribution in [0.25, 0.3) is 11.3 Å². The quantitative estimate of drug-likeness (QED) is 0.224. The van der Waals surface area contributed by atoms with Crippen LogP contribution in [0.2, 0.25) is 0 Å². The van der Waals surface area contributed by atoms with Crippen molar-refractivity contribution in [3.8, 4) is 28.6 Å². The molecule has 0 spiro atoms. The van der Waals surface area contributed by atoms with E-state index in [-0.39, 0.29) is 11.4 Å². The van der Waals surface area contributed by atoms with Gasteiger partial charge in [0.2, 0.25) is 5.88 Å². The second-order valence-electron chi connectivity index (χ2n) is 8.18. The molecule has 1 atom stereocenters. The van der Waals surface area contributed by atoms with Crippen molar-refractivity contribution in [2.45, 2.75) is 46.5 Å². The first-order chi connectivity index (χ1) is 16.5. The molecule has 1 heterocycles. The predicted octanol–water partition coefficient (Wildman–Crippen LogP) is 6.50. The van der Waals surface area contributed by atoms with Crippen LogP contribution in [0.15, 0.2) is 54.9 Å². The Morgan fingerprint density at radius 2 is 1.74 bits per heavy atom. The number of nitrogens with zero attached hydrogens (tertiary/aromatic N) is 2.